The third-order valence-corrected chi connectivity index (χ3v) is 5.23. The highest BCUT2D eigenvalue weighted by atomic mass is 16.5. The minimum atomic E-state index is -0.702. The van der Waals surface area contributed by atoms with Crippen molar-refractivity contribution >= 4 is 11.9 Å². The molecule has 162 valence electrons. The average Bonchev–Trinajstić information content (AvgIpc) is 3.07. The predicted molar refractivity (Wildman–Crippen MR) is 118 cm³/mol. The Bertz CT molecular complexity index is 985. The number of H-pyrrole nitrogens is 1. The van der Waals surface area contributed by atoms with E-state index < -0.39 is 12.1 Å². The molecule has 1 atom stereocenters. The van der Waals surface area contributed by atoms with Gasteiger partial charge in [0.15, 0.2) is 6.61 Å². The highest BCUT2D eigenvalue weighted by Gasteiger charge is 2.23. The molecule has 2 aromatic carbocycles. The van der Waals surface area contributed by atoms with Gasteiger partial charge in [-0.25, -0.2) is 4.79 Å². The zero-order chi connectivity index (χ0) is 22.4. The molecular weight excluding hydrogens is 392 g/mol. The van der Waals surface area contributed by atoms with Crippen molar-refractivity contribution in [1.29, 1.82) is 0 Å². The van der Waals surface area contributed by atoms with Crippen molar-refractivity contribution < 1.29 is 19.4 Å². The normalized spacial score (nSPS) is 11.7. The zero-order valence-corrected chi connectivity index (χ0v) is 18.1. The Morgan fingerprint density at radius 2 is 1.48 bits per heavy atom. The minimum absolute atomic E-state index is 0.263. The van der Waals surface area contributed by atoms with Crippen LogP contribution in [0.2, 0.25) is 0 Å². The lowest BCUT2D eigenvalue weighted by Gasteiger charge is -2.23. The molecule has 0 spiro atoms. The van der Waals surface area contributed by atoms with Crippen molar-refractivity contribution in [2.45, 2.75) is 40.0 Å². The Hall–Kier alpha value is -3.38. The van der Waals surface area contributed by atoms with Crippen LogP contribution >= 0.6 is 0 Å². The lowest BCUT2D eigenvalue weighted by molar-refractivity contribution is -0.135. The third-order valence-electron chi connectivity index (χ3n) is 5.23. The van der Waals surface area contributed by atoms with Gasteiger partial charge in [-0.3, -0.25) is 4.79 Å². The second-order valence-electron chi connectivity index (χ2n) is 7.64. The number of amides is 1. The molecule has 0 saturated carbocycles. The predicted octanol–water partition coefficient (Wildman–Crippen LogP) is 4.07. The second kappa shape index (κ2) is 10.1. The third kappa shape index (κ3) is 5.61. The van der Waals surface area contributed by atoms with Gasteiger partial charge in [0, 0.05) is 24.3 Å². The Balaban J connectivity index is 1.71. The summed E-state index contributed by atoms with van der Waals surface area (Å²) >= 11 is 0. The van der Waals surface area contributed by atoms with E-state index in [2.05, 4.69) is 4.98 Å². The maximum atomic E-state index is 13.0. The highest BCUT2D eigenvalue weighted by Crippen LogP contribution is 2.25. The van der Waals surface area contributed by atoms with Crippen molar-refractivity contribution in [1.82, 2.24) is 9.88 Å². The molecule has 0 saturated heterocycles. The van der Waals surface area contributed by atoms with Crippen LogP contribution in [-0.2, 0) is 22.6 Å². The fourth-order valence-electron chi connectivity index (χ4n) is 3.73. The molecule has 6 nitrogen and oxygen atoms in total. The number of aryl methyl sites for hydroxylation is 1. The maximum Gasteiger partial charge on any atom is 0.355 e. The average molecular weight is 421 g/mol. The van der Waals surface area contributed by atoms with Crippen LogP contribution in [0.1, 0.15) is 51.5 Å². The van der Waals surface area contributed by atoms with E-state index in [-0.39, 0.29) is 18.2 Å². The quantitative estimate of drug-likeness (QED) is 0.538. The van der Waals surface area contributed by atoms with Crippen LogP contribution in [0.5, 0.6) is 0 Å². The van der Waals surface area contributed by atoms with Gasteiger partial charge in [-0.1, -0.05) is 60.7 Å². The first-order valence-electron chi connectivity index (χ1n) is 10.3. The standard InChI is InChI=1S/C25H28N2O4/c1-17-23(19(3)28)18(2)26-24(17)25(30)31-16-22(29)27(14-20-10-6-4-7-11-20)15-21-12-8-5-9-13-21/h4-13,19,26,28H,14-16H2,1-3H3/t19-/m0/s1. The van der Waals surface area contributed by atoms with E-state index in [0.29, 0.717) is 29.9 Å². The van der Waals surface area contributed by atoms with Crippen molar-refractivity contribution in [3.8, 4) is 0 Å². The Kier molecular flexibility index (Phi) is 7.26. The Morgan fingerprint density at radius 1 is 0.968 bits per heavy atom. The fraction of sp³-hybridized carbons (Fsp3) is 0.280. The smallest absolute Gasteiger partial charge is 0.355 e. The Morgan fingerprint density at radius 3 is 1.94 bits per heavy atom. The van der Waals surface area contributed by atoms with Crippen LogP contribution in [0.15, 0.2) is 60.7 Å². The molecule has 2 N–H and O–H groups in total. The molecule has 0 aliphatic carbocycles. The number of esters is 1. The number of aliphatic hydroxyl groups is 1. The number of aliphatic hydroxyl groups excluding tert-OH is 1. The summed E-state index contributed by atoms with van der Waals surface area (Å²) in [5.41, 5.74) is 4.27. The lowest BCUT2D eigenvalue weighted by atomic mass is 10.1. The van der Waals surface area contributed by atoms with E-state index in [1.165, 1.54) is 0 Å². The van der Waals surface area contributed by atoms with E-state index in [9.17, 15) is 14.7 Å². The molecule has 6 heteroatoms. The topological polar surface area (TPSA) is 82.6 Å². The SMILES string of the molecule is Cc1[nH]c(C(=O)OCC(=O)N(Cc2ccccc2)Cc2ccccc2)c(C)c1[C@H](C)O. The van der Waals surface area contributed by atoms with Gasteiger partial charge in [-0.15, -0.1) is 0 Å². The zero-order valence-electron chi connectivity index (χ0n) is 18.1. The summed E-state index contributed by atoms with van der Waals surface area (Å²) in [6, 6.07) is 19.4. The van der Waals surface area contributed by atoms with E-state index in [4.69, 9.17) is 4.74 Å². The van der Waals surface area contributed by atoms with Gasteiger partial charge in [0.1, 0.15) is 5.69 Å². The van der Waals surface area contributed by atoms with Crippen molar-refractivity contribution in [3.05, 3.63) is 94.3 Å². The number of hydrogen-bond acceptors (Lipinski definition) is 4. The van der Waals surface area contributed by atoms with Gasteiger partial charge >= 0.3 is 5.97 Å². The number of carbonyl (C=O) groups is 2. The molecule has 0 bridgehead atoms. The molecule has 0 aliphatic heterocycles. The van der Waals surface area contributed by atoms with E-state index >= 15 is 0 Å². The summed E-state index contributed by atoms with van der Waals surface area (Å²) < 4.78 is 5.33. The number of rotatable bonds is 8. The molecule has 31 heavy (non-hydrogen) atoms. The van der Waals surface area contributed by atoms with Crippen LogP contribution in [0.4, 0.5) is 0 Å². The van der Waals surface area contributed by atoms with Crippen LogP contribution in [-0.4, -0.2) is 33.5 Å². The molecule has 0 aliphatic rings. The second-order valence-corrected chi connectivity index (χ2v) is 7.64. The van der Waals surface area contributed by atoms with Gasteiger partial charge in [0.2, 0.25) is 0 Å². The number of nitrogens with one attached hydrogen (secondary N) is 1. The van der Waals surface area contributed by atoms with E-state index in [1.807, 2.05) is 60.7 Å². The van der Waals surface area contributed by atoms with E-state index in [0.717, 1.165) is 11.1 Å². The van der Waals surface area contributed by atoms with Crippen molar-refractivity contribution in [2.24, 2.45) is 0 Å². The first-order chi connectivity index (χ1) is 14.9. The first kappa shape index (κ1) is 22.3. The van der Waals surface area contributed by atoms with Crippen LogP contribution in [0.25, 0.3) is 0 Å². The Labute approximate surface area is 182 Å². The largest absolute Gasteiger partial charge is 0.451 e. The number of benzene rings is 2. The number of aromatic nitrogens is 1. The summed E-state index contributed by atoms with van der Waals surface area (Å²) in [5.74, 6) is -0.891. The molecule has 3 rings (SSSR count). The summed E-state index contributed by atoms with van der Waals surface area (Å²) in [7, 11) is 0. The van der Waals surface area contributed by atoms with Gasteiger partial charge in [0.05, 0.1) is 6.10 Å². The number of hydrogen-bond donors (Lipinski definition) is 2. The molecule has 3 aromatic rings. The van der Waals surface area contributed by atoms with E-state index in [1.54, 1.807) is 25.7 Å². The van der Waals surface area contributed by atoms with Gasteiger partial charge in [-0.05, 0) is 37.5 Å². The molecule has 1 amide bonds. The van der Waals surface area contributed by atoms with Crippen LogP contribution in [0.3, 0.4) is 0 Å². The first-order valence-corrected chi connectivity index (χ1v) is 10.3. The summed E-state index contributed by atoms with van der Waals surface area (Å²) in [6.07, 6.45) is -0.702. The number of ether oxygens (including phenoxy) is 1. The highest BCUT2D eigenvalue weighted by molar-refractivity contribution is 5.91. The van der Waals surface area contributed by atoms with Crippen molar-refractivity contribution in [2.75, 3.05) is 6.61 Å². The summed E-state index contributed by atoms with van der Waals surface area (Å²) in [5, 5.41) is 9.92. The maximum absolute atomic E-state index is 13.0. The summed E-state index contributed by atoms with van der Waals surface area (Å²) in [6.45, 7) is 5.66. The summed E-state index contributed by atoms with van der Waals surface area (Å²) in [4.78, 5) is 30.2. The molecule has 0 fully saturated rings. The molecular formula is C25H28N2O4. The van der Waals surface area contributed by atoms with Gasteiger partial charge in [-0.2, -0.15) is 0 Å². The number of carbonyl (C=O) groups excluding carboxylic acids is 2. The monoisotopic (exact) mass is 420 g/mol. The number of aromatic amines is 1. The number of nitrogens with zero attached hydrogens (tertiary/aromatic N) is 1. The molecule has 0 radical (unpaired) electrons. The fourth-order valence-corrected chi connectivity index (χ4v) is 3.73. The van der Waals surface area contributed by atoms with Crippen LogP contribution in [0, 0.1) is 13.8 Å². The lowest BCUT2D eigenvalue weighted by Crippen LogP contribution is -2.34. The molecule has 1 aromatic heterocycles. The van der Waals surface area contributed by atoms with Gasteiger partial charge < -0.3 is 19.7 Å². The van der Waals surface area contributed by atoms with Crippen LogP contribution < -0.4 is 0 Å². The van der Waals surface area contributed by atoms with Crippen molar-refractivity contribution in [3.63, 3.8) is 0 Å². The molecule has 1 heterocycles. The van der Waals surface area contributed by atoms with Gasteiger partial charge in [0.25, 0.3) is 5.91 Å². The minimum Gasteiger partial charge on any atom is -0.451 e. The molecule has 0 unspecified atom stereocenters.